The number of rotatable bonds is 8. The van der Waals surface area contributed by atoms with Gasteiger partial charge in [0.25, 0.3) is 0 Å². The summed E-state index contributed by atoms with van der Waals surface area (Å²) in [6.45, 7) is 1.16. The summed E-state index contributed by atoms with van der Waals surface area (Å²) in [6.07, 6.45) is 2.77. The number of hydrogen-bond acceptors (Lipinski definition) is 5. The van der Waals surface area contributed by atoms with Gasteiger partial charge in [-0.15, -0.1) is 11.3 Å². The summed E-state index contributed by atoms with van der Waals surface area (Å²) in [6, 6.07) is 18.0. The number of nitrogens with one attached hydrogen (secondary N) is 1. The van der Waals surface area contributed by atoms with Crippen LogP contribution in [-0.2, 0) is 16.0 Å². The van der Waals surface area contributed by atoms with Crippen LogP contribution in [0.15, 0.2) is 59.7 Å². The number of aromatic nitrogens is 1. The van der Waals surface area contributed by atoms with E-state index >= 15 is 0 Å². The highest BCUT2D eigenvalue weighted by atomic mass is 32.1. The van der Waals surface area contributed by atoms with Gasteiger partial charge in [0.2, 0.25) is 11.8 Å². The van der Waals surface area contributed by atoms with Crippen molar-refractivity contribution < 1.29 is 9.59 Å². The average Bonchev–Trinajstić information content (AvgIpc) is 3.43. The molecule has 0 spiro atoms. The maximum atomic E-state index is 12.4. The summed E-state index contributed by atoms with van der Waals surface area (Å²) in [4.78, 5) is 29.0. The Morgan fingerprint density at radius 3 is 2.67 bits per heavy atom. The van der Waals surface area contributed by atoms with E-state index < -0.39 is 0 Å². The molecule has 0 unspecified atom stereocenters. The fourth-order valence-electron chi connectivity index (χ4n) is 3.40. The lowest BCUT2D eigenvalue weighted by Gasteiger charge is -2.11. The van der Waals surface area contributed by atoms with Gasteiger partial charge < -0.3 is 5.32 Å². The number of nitrogens with zero attached hydrogens (tertiary/aromatic N) is 3. The molecule has 0 aliphatic carbocycles. The molecule has 154 valence electrons. The van der Waals surface area contributed by atoms with Gasteiger partial charge in [-0.1, -0.05) is 42.5 Å². The van der Waals surface area contributed by atoms with Gasteiger partial charge in [-0.2, -0.15) is 5.10 Å². The van der Waals surface area contributed by atoms with Crippen molar-refractivity contribution in [3.63, 3.8) is 0 Å². The first-order valence-electron chi connectivity index (χ1n) is 10.2. The normalized spacial score (nSPS) is 13.5. The van der Waals surface area contributed by atoms with Gasteiger partial charge in [-0.3, -0.25) is 9.59 Å². The summed E-state index contributed by atoms with van der Waals surface area (Å²) in [7, 11) is 0. The molecule has 3 aromatic rings. The monoisotopic (exact) mass is 420 g/mol. The molecule has 0 saturated heterocycles. The van der Waals surface area contributed by atoms with Crippen LogP contribution in [0, 0.1) is 0 Å². The second kappa shape index (κ2) is 9.63. The van der Waals surface area contributed by atoms with E-state index in [1.54, 1.807) is 11.3 Å². The van der Waals surface area contributed by atoms with Crippen molar-refractivity contribution in [2.24, 2.45) is 5.10 Å². The topological polar surface area (TPSA) is 74.7 Å². The number of para-hydroxylation sites is 1. The summed E-state index contributed by atoms with van der Waals surface area (Å²) >= 11 is 1.70. The first kappa shape index (κ1) is 20.2. The third-order valence-electron chi connectivity index (χ3n) is 4.99. The molecule has 1 N–H and O–H groups in total. The van der Waals surface area contributed by atoms with E-state index in [0.717, 1.165) is 41.1 Å². The number of carbonyl (C=O) groups excluding carboxylic acids is 2. The molecule has 2 heterocycles. The molecular formula is C23H24N4O2S. The summed E-state index contributed by atoms with van der Waals surface area (Å²) < 4.78 is 1.19. The first-order valence-corrected chi connectivity index (χ1v) is 11.0. The summed E-state index contributed by atoms with van der Waals surface area (Å²) in [5.41, 5.74) is 2.99. The zero-order valence-corrected chi connectivity index (χ0v) is 17.5. The first-order chi connectivity index (χ1) is 14.7. The Balaban J connectivity index is 1.16. The van der Waals surface area contributed by atoms with Crippen LogP contribution < -0.4 is 5.32 Å². The third kappa shape index (κ3) is 5.10. The Morgan fingerprint density at radius 2 is 1.83 bits per heavy atom. The van der Waals surface area contributed by atoms with Gasteiger partial charge in [0, 0.05) is 32.2 Å². The molecule has 0 fully saturated rings. The SMILES string of the molecule is O=C(CCC(=O)N1CCC(c2ccccc2)=N1)NCCCc1nc2ccccc2s1. The number of hydrazone groups is 1. The van der Waals surface area contributed by atoms with Gasteiger partial charge >= 0.3 is 0 Å². The van der Waals surface area contributed by atoms with Crippen LogP contribution in [0.1, 0.15) is 36.3 Å². The maximum absolute atomic E-state index is 12.4. The van der Waals surface area contributed by atoms with Crippen LogP contribution >= 0.6 is 11.3 Å². The van der Waals surface area contributed by atoms with E-state index in [1.165, 1.54) is 9.71 Å². The predicted octanol–water partition coefficient (Wildman–Crippen LogP) is 3.76. The molecule has 0 radical (unpaired) electrons. The summed E-state index contributed by atoms with van der Waals surface area (Å²) in [5.74, 6) is -0.204. The van der Waals surface area contributed by atoms with Crippen molar-refractivity contribution >= 4 is 39.1 Å². The van der Waals surface area contributed by atoms with Crippen LogP contribution in [0.5, 0.6) is 0 Å². The van der Waals surface area contributed by atoms with Crippen molar-refractivity contribution in [1.82, 2.24) is 15.3 Å². The van der Waals surface area contributed by atoms with Gasteiger partial charge in [-0.25, -0.2) is 9.99 Å². The number of thiazole rings is 1. The highest BCUT2D eigenvalue weighted by molar-refractivity contribution is 7.18. The van der Waals surface area contributed by atoms with Crippen LogP contribution in [0.2, 0.25) is 0 Å². The number of benzene rings is 2. The predicted molar refractivity (Wildman–Crippen MR) is 119 cm³/mol. The van der Waals surface area contributed by atoms with Gasteiger partial charge in [0.1, 0.15) is 0 Å². The van der Waals surface area contributed by atoms with Gasteiger partial charge in [0.05, 0.1) is 27.5 Å². The van der Waals surface area contributed by atoms with Crippen molar-refractivity contribution in [3.8, 4) is 0 Å². The Bertz CT molecular complexity index is 1030. The smallest absolute Gasteiger partial charge is 0.243 e. The van der Waals surface area contributed by atoms with E-state index in [-0.39, 0.29) is 24.7 Å². The highest BCUT2D eigenvalue weighted by Gasteiger charge is 2.21. The maximum Gasteiger partial charge on any atom is 0.243 e. The average molecular weight is 421 g/mol. The second-order valence-electron chi connectivity index (χ2n) is 7.21. The lowest BCUT2D eigenvalue weighted by Crippen LogP contribution is -2.28. The molecular weight excluding hydrogens is 396 g/mol. The van der Waals surface area contributed by atoms with Crippen molar-refractivity contribution in [3.05, 3.63) is 65.2 Å². The van der Waals surface area contributed by atoms with Crippen molar-refractivity contribution in [2.45, 2.75) is 32.1 Å². The molecule has 2 amide bonds. The van der Waals surface area contributed by atoms with E-state index in [2.05, 4.69) is 21.5 Å². The lowest BCUT2D eigenvalue weighted by atomic mass is 10.1. The van der Waals surface area contributed by atoms with Crippen LogP contribution in [0.25, 0.3) is 10.2 Å². The minimum atomic E-state index is -0.106. The molecule has 0 bridgehead atoms. The number of amides is 2. The quantitative estimate of drug-likeness (QED) is 0.564. The molecule has 1 aromatic heterocycles. The molecule has 2 aromatic carbocycles. The molecule has 4 rings (SSSR count). The third-order valence-corrected chi connectivity index (χ3v) is 6.09. The molecule has 1 aliphatic heterocycles. The molecule has 0 saturated carbocycles. The van der Waals surface area contributed by atoms with Crippen molar-refractivity contribution in [1.29, 1.82) is 0 Å². The minimum absolute atomic E-state index is 0.0980. The van der Waals surface area contributed by atoms with E-state index in [1.807, 2.05) is 48.5 Å². The Hall–Kier alpha value is -3.06. The van der Waals surface area contributed by atoms with Gasteiger partial charge in [-0.05, 0) is 24.1 Å². The minimum Gasteiger partial charge on any atom is -0.356 e. The van der Waals surface area contributed by atoms with E-state index in [0.29, 0.717) is 13.1 Å². The molecule has 30 heavy (non-hydrogen) atoms. The Kier molecular flexibility index (Phi) is 6.49. The van der Waals surface area contributed by atoms with Crippen LogP contribution in [0.3, 0.4) is 0 Å². The summed E-state index contributed by atoms with van der Waals surface area (Å²) in [5, 5.41) is 9.90. The number of carbonyl (C=O) groups is 2. The standard InChI is InChI=1S/C23H24N4O2S/c28-21(24-15-6-11-22-25-19-9-4-5-10-20(19)30-22)12-13-23(29)27-16-14-18(26-27)17-7-2-1-3-8-17/h1-5,7-10H,6,11-16H2,(H,24,28). The van der Waals surface area contributed by atoms with Crippen molar-refractivity contribution in [2.75, 3.05) is 13.1 Å². The van der Waals surface area contributed by atoms with Crippen LogP contribution in [0.4, 0.5) is 0 Å². The molecule has 0 atom stereocenters. The lowest BCUT2D eigenvalue weighted by molar-refractivity contribution is -0.133. The zero-order chi connectivity index (χ0) is 20.8. The Labute approximate surface area is 179 Å². The molecule has 1 aliphatic rings. The largest absolute Gasteiger partial charge is 0.356 e. The number of aryl methyl sites for hydroxylation is 1. The number of fused-ring (bicyclic) bond motifs is 1. The van der Waals surface area contributed by atoms with E-state index in [9.17, 15) is 9.59 Å². The Morgan fingerprint density at radius 1 is 1.03 bits per heavy atom. The fraction of sp³-hybridized carbons (Fsp3) is 0.304. The fourth-order valence-corrected chi connectivity index (χ4v) is 4.41. The van der Waals surface area contributed by atoms with E-state index in [4.69, 9.17) is 0 Å². The second-order valence-corrected chi connectivity index (χ2v) is 8.32. The number of hydrogen-bond donors (Lipinski definition) is 1. The zero-order valence-electron chi connectivity index (χ0n) is 16.7. The van der Waals surface area contributed by atoms with Gasteiger partial charge in [0.15, 0.2) is 0 Å². The van der Waals surface area contributed by atoms with Crippen LogP contribution in [-0.4, -0.2) is 40.6 Å². The highest BCUT2D eigenvalue weighted by Crippen LogP contribution is 2.22. The molecule has 6 nitrogen and oxygen atoms in total. The molecule has 7 heteroatoms.